The minimum atomic E-state index is -0.889. The molecule has 1 heterocycles. The molecule has 7 heavy (non-hydrogen) atoms. The molecule has 0 aliphatic carbocycles. The third-order valence-electron chi connectivity index (χ3n) is 0.204. The molecule has 1 saturated heterocycles. The first-order valence-corrected chi connectivity index (χ1v) is 2.42. The summed E-state index contributed by atoms with van der Waals surface area (Å²) in [7, 11) is 0. The molecule has 4 heteroatoms. The first-order chi connectivity index (χ1) is 3.23. The zero-order chi connectivity index (χ0) is 5.70. The summed E-state index contributed by atoms with van der Waals surface area (Å²) in [5, 5.41) is 0. The SMILES string of the molecule is C1CO1.O=C(Cl)Cl. The molecule has 1 aliphatic heterocycles. The quantitative estimate of drug-likeness (QED) is 0.380. The fourth-order valence-electron chi connectivity index (χ4n) is 0. The number of carbonyl (C=O) groups excluding carboxylic acids is 1. The van der Waals surface area contributed by atoms with Gasteiger partial charge in [0.25, 0.3) is 0 Å². The van der Waals surface area contributed by atoms with Crippen LogP contribution < -0.4 is 0 Å². The highest BCUT2D eigenvalue weighted by atomic mass is 35.5. The van der Waals surface area contributed by atoms with E-state index in [1.54, 1.807) is 0 Å². The Balaban J connectivity index is 0.000000105. The predicted octanol–water partition coefficient (Wildman–Crippen LogP) is 1.60. The zero-order valence-corrected chi connectivity index (χ0v) is 5.00. The summed E-state index contributed by atoms with van der Waals surface area (Å²) in [5.74, 6) is 0. The maximum Gasteiger partial charge on any atom is 0.313 e. The minimum Gasteiger partial charge on any atom is -0.377 e. The summed E-state index contributed by atoms with van der Waals surface area (Å²) in [4.78, 5) is 8.98. The average Bonchev–Trinajstić information content (AvgIpc) is 2.02. The molecule has 42 valence electrons. The van der Waals surface area contributed by atoms with Gasteiger partial charge >= 0.3 is 4.70 Å². The van der Waals surface area contributed by atoms with Crippen molar-refractivity contribution >= 4 is 27.9 Å². The van der Waals surface area contributed by atoms with E-state index in [-0.39, 0.29) is 0 Å². The lowest BCUT2D eigenvalue weighted by atomic mass is 11.0. The van der Waals surface area contributed by atoms with Crippen LogP contribution in [0.5, 0.6) is 0 Å². The van der Waals surface area contributed by atoms with Crippen LogP contribution in [0.2, 0.25) is 0 Å². The fraction of sp³-hybridized carbons (Fsp3) is 0.667. The van der Waals surface area contributed by atoms with Gasteiger partial charge in [0.05, 0.1) is 13.2 Å². The standard InChI is InChI=1S/C2H4O.CCl2O/c1-2-3-1;2-1(3)4/h1-2H2;. The average molecular weight is 143 g/mol. The Kier molecular flexibility index (Phi) is 4.50. The topological polar surface area (TPSA) is 29.6 Å². The van der Waals surface area contributed by atoms with E-state index in [2.05, 4.69) is 27.9 Å². The van der Waals surface area contributed by atoms with Crippen LogP contribution in [0.1, 0.15) is 0 Å². The van der Waals surface area contributed by atoms with Gasteiger partial charge in [-0.2, -0.15) is 0 Å². The van der Waals surface area contributed by atoms with Crippen LogP contribution in [-0.4, -0.2) is 17.9 Å². The summed E-state index contributed by atoms with van der Waals surface area (Å²) >= 11 is 8.80. The largest absolute Gasteiger partial charge is 0.377 e. The predicted molar refractivity (Wildman–Crippen MR) is 27.9 cm³/mol. The van der Waals surface area contributed by atoms with E-state index >= 15 is 0 Å². The Labute approximate surface area is 51.4 Å². The zero-order valence-electron chi connectivity index (χ0n) is 3.49. The monoisotopic (exact) mass is 142 g/mol. The van der Waals surface area contributed by atoms with Gasteiger partial charge in [0.2, 0.25) is 0 Å². The summed E-state index contributed by atoms with van der Waals surface area (Å²) in [6, 6.07) is 0. The normalized spacial score (nSPS) is 14.0. The van der Waals surface area contributed by atoms with Crippen LogP contribution in [0.3, 0.4) is 0 Å². The van der Waals surface area contributed by atoms with Crippen molar-refractivity contribution in [2.45, 2.75) is 0 Å². The smallest absolute Gasteiger partial charge is 0.313 e. The number of hydrogen-bond acceptors (Lipinski definition) is 2. The lowest BCUT2D eigenvalue weighted by Gasteiger charge is -1.48. The summed E-state index contributed by atoms with van der Waals surface area (Å²) in [5.41, 5.74) is 0. The molecule has 0 atom stereocenters. The Morgan fingerprint density at radius 3 is 1.57 bits per heavy atom. The van der Waals surface area contributed by atoms with Gasteiger partial charge < -0.3 is 4.74 Å². The maximum absolute atomic E-state index is 8.98. The molecule has 0 aromatic carbocycles. The van der Waals surface area contributed by atoms with E-state index in [1.165, 1.54) is 0 Å². The van der Waals surface area contributed by atoms with Crippen molar-refractivity contribution in [1.29, 1.82) is 0 Å². The molecule has 0 aromatic heterocycles. The number of ether oxygens (including phenoxy) is 1. The van der Waals surface area contributed by atoms with E-state index in [4.69, 9.17) is 4.79 Å². The van der Waals surface area contributed by atoms with Crippen molar-refractivity contribution in [1.82, 2.24) is 0 Å². The number of epoxide rings is 1. The first-order valence-electron chi connectivity index (χ1n) is 1.66. The lowest BCUT2D eigenvalue weighted by molar-refractivity contribution is 0.275. The van der Waals surface area contributed by atoms with Crippen molar-refractivity contribution in [3.8, 4) is 0 Å². The van der Waals surface area contributed by atoms with Gasteiger partial charge in [0.1, 0.15) is 0 Å². The highest BCUT2D eigenvalue weighted by molar-refractivity contribution is 6.93. The van der Waals surface area contributed by atoms with Crippen LogP contribution in [-0.2, 0) is 4.74 Å². The third-order valence-corrected chi connectivity index (χ3v) is 0.204. The van der Waals surface area contributed by atoms with Crippen molar-refractivity contribution < 1.29 is 9.53 Å². The highest BCUT2D eigenvalue weighted by Gasteiger charge is 1.94. The van der Waals surface area contributed by atoms with Crippen LogP contribution >= 0.6 is 23.2 Å². The second-order valence-corrected chi connectivity index (χ2v) is 1.72. The molecule has 1 fully saturated rings. The van der Waals surface area contributed by atoms with Crippen LogP contribution in [0, 0.1) is 0 Å². The molecule has 0 aromatic rings. The van der Waals surface area contributed by atoms with Gasteiger partial charge in [-0.05, 0) is 23.2 Å². The van der Waals surface area contributed by atoms with Gasteiger partial charge in [-0.25, -0.2) is 0 Å². The van der Waals surface area contributed by atoms with Crippen LogP contribution in [0.25, 0.3) is 0 Å². The van der Waals surface area contributed by atoms with Crippen molar-refractivity contribution in [2.75, 3.05) is 13.2 Å². The number of halogens is 2. The van der Waals surface area contributed by atoms with Gasteiger partial charge in [-0.1, -0.05) is 0 Å². The van der Waals surface area contributed by atoms with E-state index in [0.29, 0.717) is 0 Å². The minimum absolute atomic E-state index is 0.889. The molecule has 0 radical (unpaired) electrons. The molecule has 2 nitrogen and oxygen atoms in total. The van der Waals surface area contributed by atoms with Crippen LogP contribution in [0.15, 0.2) is 0 Å². The molecular formula is C3H4Cl2O2. The second-order valence-electron chi connectivity index (χ2n) is 0.838. The first kappa shape index (κ1) is 7.21. The summed E-state index contributed by atoms with van der Waals surface area (Å²) in [6.07, 6.45) is 0. The molecule has 1 aliphatic rings. The molecule has 0 N–H and O–H groups in total. The van der Waals surface area contributed by atoms with Crippen LogP contribution in [0.4, 0.5) is 4.79 Å². The Morgan fingerprint density at radius 1 is 1.43 bits per heavy atom. The third kappa shape index (κ3) is 75.2. The fourth-order valence-corrected chi connectivity index (χ4v) is 0. The molecule has 0 saturated carbocycles. The summed E-state index contributed by atoms with van der Waals surface area (Å²) < 4.78 is 3.61. The molecule has 1 rings (SSSR count). The van der Waals surface area contributed by atoms with Crippen molar-refractivity contribution in [2.24, 2.45) is 0 Å². The molecule has 0 unspecified atom stereocenters. The Morgan fingerprint density at radius 2 is 1.57 bits per heavy atom. The molecule has 0 amide bonds. The van der Waals surface area contributed by atoms with Crippen molar-refractivity contribution in [3.05, 3.63) is 0 Å². The number of hydrogen-bond donors (Lipinski definition) is 0. The van der Waals surface area contributed by atoms with E-state index in [1.807, 2.05) is 0 Å². The summed E-state index contributed by atoms with van der Waals surface area (Å²) in [6.45, 7) is 2.00. The number of rotatable bonds is 0. The maximum atomic E-state index is 8.98. The molecular weight excluding hydrogens is 139 g/mol. The number of carbonyl (C=O) groups is 1. The van der Waals surface area contributed by atoms with Crippen molar-refractivity contribution in [3.63, 3.8) is 0 Å². The van der Waals surface area contributed by atoms with Gasteiger partial charge in [0, 0.05) is 0 Å². The van der Waals surface area contributed by atoms with E-state index < -0.39 is 4.70 Å². The second kappa shape index (κ2) is 4.37. The van der Waals surface area contributed by atoms with E-state index in [9.17, 15) is 0 Å². The van der Waals surface area contributed by atoms with Gasteiger partial charge in [-0.15, -0.1) is 0 Å². The molecule has 0 spiro atoms. The lowest BCUT2D eigenvalue weighted by Crippen LogP contribution is -1.46. The van der Waals surface area contributed by atoms with Gasteiger partial charge in [0.15, 0.2) is 0 Å². The Bertz CT molecular complexity index is 55.2. The Hall–Kier alpha value is 0.210. The van der Waals surface area contributed by atoms with E-state index in [0.717, 1.165) is 13.2 Å². The van der Waals surface area contributed by atoms with Gasteiger partial charge in [-0.3, -0.25) is 4.79 Å². The molecule has 0 bridgehead atoms. The highest BCUT2D eigenvalue weighted by Crippen LogP contribution is 1.84.